The van der Waals surface area contributed by atoms with Gasteiger partial charge in [0.05, 0.1) is 9.40 Å². The Morgan fingerprint density at radius 1 is 1.52 bits per heavy atom. The number of nitrogens with zero attached hydrogens (tertiary/aromatic N) is 2. The minimum absolute atomic E-state index is 0.107. The molecule has 0 spiro atoms. The van der Waals surface area contributed by atoms with Crippen LogP contribution in [0.2, 0.25) is 0 Å². The number of amides is 1. The molecular formula is C14H17BrN2O4. The highest BCUT2D eigenvalue weighted by molar-refractivity contribution is 9.10. The van der Waals surface area contributed by atoms with Gasteiger partial charge in [-0.15, -0.1) is 0 Å². The van der Waals surface area contributed by atoms with Crippen molar-refractivity contribution in [2.24, 2.45) is 5.92 Å². The van der Waals surface area contributed by atoms with E-state index in [9.17, 15) is 14.9 Å². The maximum absolute atomic E-state index is 12.5. The summed E-state index contributed by atoms with van der Waals surface area (Å²) < 4.78 is 0.362. The second-order valence-electron chi connectivity index (χ2n) is 5.20. The molecule has 1 N–H and O–H groups in total. The number of nitro benzene ring substituents is 1. The maximum atomic E-state index is 12.5. The van der Waals surface area contributed by atoms with Crippen LogP contribution in [0.5, 0.6) is 0 Å². The number of hydrogen-bond acceptors (Lipinski definition) is 4. The summed E-state index contributed by atoms with van der Waals surface area (Å²) in [6, 6.07) is 4.43. The number of hydrogen-bond donors (Lipinski definition) is 1. The molecule has 1 heterocycles. The van der Waals surface area contributed by atoms with Crippen LogP contribution in [-0.2, 0) is 0 Å². The highest BCUT2D eigenvalue weighted by Crippen LogP contribution is 2.27. The van der Waals surface area contributed by atoms with Crippen molar-refractivity contribution in [2.75, 3.05) is 19.7 Å². The maximum Gasteiger partial charge on any atom is 0.284 e. The Morgan fingerprint density at radius 2 is 2.29 bits per heavy atom. The second-order valence-corrected chi connectivity index (χ2v) is 6.05. The first-order valence-electron chi connectivity index (χ1n) is 6.87. The Balaban J connectivity index is 2.16. The topological polar surface area (TPSA) is 83.7 Å². The van der Waals surface area contributed by atoms with Crippen molar-refractivity contribution >= 4 is 27.5 Å². The van der Waals surface area contributed by atoms with E-state index in [1.54, 1.807) is 11.0 Å². The molecule has 1 saturated heterocycles. The smallest absolute Gasteiger partial charge is 0.284 e. The standard InChI is InChI=1S/C14H17BrN2O4/c15-12-4-3-11(8-13(12)17(20)21)14(19)16-6-1-2-10(9-16)5-7-18/h3-4,8,10,18H,1-2,5-7,9H2. The van der Waals surface area contributed by atoms with E-state index in [1.165, 1.54) is 12.1 Å². The van der Waals surface area contributed by atoms with Crippen molar-refractivity contribution in [3.8, 4) is 0 Å². The number of benzene rings is 1. The molecule has 1 aromatic rings. The normalized spacial score (nSPS) is 18.6. The average Bonchev–Trinajstić information content (AvgIpc) is 2.47. The van der Waals surface area contributed by atoms with Crippen molar-refractivity contribution in [1.29, 1.82) is 0 Å². The van der Waals surface area contributed by atoms with E-state index in [1.807, 2.05) is 0 Å². The lowest BCUT2D eigenvalue weighted by Gasteiger charge is -2.32. The quantitative estimate of drug-likeness (QED) is 0.663. The molecule has 0 aliphatic carbocycles. The summed E-state index contributed by atoms with van der Waals surface area (Å²) in [5.74, 6) is 0.117. The largest absolute Gasteiger partial charge is 0.396 e. The number of carbonyl (C=O) groups is 1. The van der Waals surface area contributed by atoms with Gasteiger partial charge < -0.3 is 10.0 Å². The van der Waals surface area contributed by atoms with E-state index in [2.05, 4.69) is 15.9 Å². The Labute approximate surface area is 131 Å². The summed E-state index contributed by atoms with van der Waals surface area (Å²) >= 11 is 3.11. The van der Waals surface area contributed by atoms with Crippen LogP contribution >= 0.6 is 15.9 Å². The summed E-state index contributed by atoms with van der Waals surface area (Å²) in [6.45, 7) is 1.38. The Hall–Kier alpha value is -1.47. The first-order valence-corrected chi connectivity index (χ1v) is 7.66. The molecule has 1 aliphatic rings. The molecule has 1 aliphatic heterocycles. The van der Waals surface area contributed by atoms with E-state index in [4.69, 9.17) is 5.11 Å². The fourth-order valence-corrected chi connectivity index (χ4v) is 3.03. The zero-order valence-electron chi connectivity index (χ0n) is 11.5. The van der Waals surface area contributed by atoms with Crippen molar-refractivity contribution in [2.45, 2.75) is 19.3 Å². The summed E-state index contributed by atoms with van der Waals surface area (Å²) in [4.78, 5) is 24.6. The monoisotopic (exact) mass is 356 g/mol. The number of aliphatic hydroxyl groups is 1. The first-order chi connectivity index (χ1) is 10.0. The number of nitro groups is 1. The van der Waals surface area contributed by atoms with Gasteiger partial charge in [0.25, 0.3) is 11.6 Å². The molecule has 2 rings (SSSR count). The molecule has 21 heavy (non-hydrogen) atoms. The van der Waals surface area contributed by atoms with Gasteiger partial charge in [-0.3, -0.25) is 14.9 Å². The molecular weight excluding hydrogens is 340 g/mol. The lowest BCUT2D eigenvalue weighted by molar-refractivity contribution is -0.385. The van der Waals surface area contributed by atoms with Crippen LogP contribution in [0.3, 0.4) is 0 Å². The molecule has 0 aromatic heterocycles. The van der Waals surface area contributed by atoms with Crippen molar-refractivity contribution in [1.82, 2.24) is 4.90 Å². The molecule has 6 nitrogen and oxygen atoms in total. The van der Waals surface area contributed by atoms with E-state index >= 15 is 0 Å². The molecule has 1 amide bonds. The Morgan fingerprint density at radius 3 is 2.95 bits per heavy atom. The number of piperidine rings is 1. The van der Waals surface area contributed by atoms with Gasteiger partial charge >= 0.3 is 0 Å². The number of rotatable bonds is 4. The number of halogens is 1. The van der Waals surface area contributed by atoms with Crippen LogP contribution in [0, 0.1) is 16.0 Å². The van der Waals surface area contributed by atoms with E-state index < -0.39 is 4.92 Å². The number of carbonyl (C=O) groups excluding carboxylic acids is 1. The third-order valence-electron chi connectivity index (χ3n) is 3.73. The van der Waals surface area contributed by atoms with Gasteiger partial charge in [0.15, 0.2) is 0 Å². The fourth-order valence-electron chi connectivity index (χ4n) is 2.64. The summed E-state index contributed by atoms with van der Waals surface area (Å²) in [5.41, 5.74) is 0.222. The molecule has 1 unspecified atom stereocenters. The van der Waals surface area contributed by atoms with E-state index in [0.717, 1.165) is 12.8 Å². The highest BCUT2D eigenvalue weighted by Gasteiger charge is 2.25. The molecule has 1 fully saturated rings. The predicted octanol–water partition coefficient (Wildman–Crippen LogP) is 2.59. The molecule has 0 saturated carbocycles. The van der Waals surface area contributed by atoms with Gasteiger partial charge in [-0.1, -0.05) is 0 Å². The van der Waals surface area contributed by atoms with E-state index in [0.29, 0.717) is 35.5 Å². The van der Waals surface area contributed by atoms with Gasteiger partial charge in [-0.2, -0.15) is 0 Å². The first kappa shape index (κ1) is 15.9. The molecule has 1 aromatic carbocycles. The molecule has 7 heteroatoms. The van der Waals surface area contributed by atoms with Gasteiger partial charge in [-0.05, 0) is 53.2 Å². The third-order valence-corrected chi connectivity index (χ3v) is 4.40. The molecule has 114 valence electrons. The van der Waals surface area contributed by atoms with Crippen LogP contribution in [0.1, 0.15) is 29.6 Å². The molecule has 1 atom stereocenters. The number of aliphatic hydroxyl groups excluding tert-OH is 1. The average molecular weight is 357 g/mol. The van der Waals surface area contributed by atoms with Crippen LogP contribution < -0.4 is 0 Å². The van der Waals surface area contributed by atoms with Crippen LogP contribution in [0.4, 0.5) is 5.69 Å². The summed E-state index contributed by atoms with van der Waals surface area (Å²) in [7, 11) is 0. The van der Waals surface area contributed by atoms with E-state index in [-0.39, 0.29) is 18.2 Å². The minimum atomic E-state index is -0.508. The van der Waals surface area contributed by atoms with Crippen molar-refractivity contribution < 1.29 is 14.8 Å². The van der Waals surface area contributed by atoms with Crippen LogP contribution in [0.15, 0.2) is 22.7 Å². The van der Waals surface area contributed by atoms with Gasteiger partial charge in [-0.25, -0.2) is 0 Å². The second kappa shape index (κ2) is 7.00. The minimum Gasteiger partial charge on any atom is -0.396 e. The zero-order valence-corrected chi connectivity index (χ0v) is 13.1. The molecule has 0 bridgehead atoms. The highest BCUT2D eigenvalue weighted by atomic mass is 79.9. The fraction of sp³-hybridized carbons (Fsp3) is 0.500. The van der Waals surface area contributed by atoms with Gasteiger partial charge in [0.1, 0.15) is 0 Å². The summed E-state index contributed by atoms with van der Waals surface area (Å²) in [6.07, 6.45) is 2.59. The van der Waals surface area contributed by atoms with Crippen LogP contribution in [0.25, 0.3) is 0 Å². The summed E-state index contributed by atoms with van der Waals surface area (Å²) in [5, 5.41) is 19.9. The lowest BCUT2D eigenvalue weighted by Crippen LogP contribution is -2.40. The van der Waals surface area contributed by atoms with Gasteiger partial charge in [0.2, 0.25) is 0 Å². The Kier molecular flexibility index (Phi) is 5.30. The van der Waals surface area contributed by atoms with Crippen molar-refractivity contribution in [3.63, 3.8) is 0 Å². The van der Waals surface area contributed by atoms with Crippen LogP contribution in [-0.4, -0.2) is 40.5 Å². The SMILES string of the molecule is O=C(c1ccc(Br)c([N+](=O)[O-])c1)N1CCCC(CCO)C1. The predicted molar refractivity (Wildman–Crippen MR) is 81.1 cm³/mol. The number of likely N-dealkylation sites (tertiary alicyclic amines) is 1. The van der Waals surface area contributed by atoms with Crippen molar-refractivity contribution in [3.05, 3.63) is 38.3 Å². The third kappa shape index (κ3) is 3.79. The Bertz CT molecular complexity index is 548. The van der Waals surface area contributed by atoms with Gasteiger partial charge in [0, 0.05) is 31.3 Å². The molecule has 0 radical (unpaired) electrons. The zero-order chi connectivity index (χ0) is 15.4. The lowest BCUT2D eigenvalue weighted by atomic mass is 9.94.